The van der Waals surface area contributed by atoms with E-state index in [0.29, 0.717) is 62.4 Å². The van der Waals surface area contributed by atoms with Crippen molar-refractivity contribution in [2.75, 3.05) is 0 Å². The summed E-state index contributed by atoms with van der Waals surface area (Å²) in [4.78, 5) is 0.293. The Balaban J connectivity index is 1.12. The van der Waals surface area contributed by atoms with Crippen LogP contribution in [0.15, 0.2) is 84.9 Å². The summed E-state index contributed by atoms with van der Waals surface area (Å²) < 4.78 is 99.2. The number of amidine groups is 2. The molecule has 338 valence electrons. The maximum Gasteiger partial charge on any atom is 0.380 e. The Kier molecular flexibility index (Phi) is 9.51. The second-order valence-electron chi connectivity index (χ2n) is 19.2. The highest BCUT2D eigenvalue weighted by molar-refractivity contribution is 7.19. The highest BCUT2D eigenvalue weighted by Gasteiger charge is 2.80. The van der Waals surface area contributed by atoms with Gasteiger partial charge in [0.1, 0.15) is 11.1 Å². The summed E-state index contributed by atoms with van der Waals surface area (Å²) in [5.74, 6) is -16.4. The summed E-state index contributed by atoms with van der Waals surface area (Å²) in [7, 11) is 0. The Morgan fingerprint density at radius 2 is 0.769 bits per heavy atom. The Morgan fingerprint density at radius 3 is 1.06 bits per heavy atom. The number of fused-ring (bicyclic) bond motifs is 2. The summed E-state index contributed by atoms with van der Waals surface area (Å²) in [5.41, 5.74) is -4.43. The van der Waals surface area contributed by atoms with Crippen LogP contribution in [0.4, 0.5) is 26.3 Å². The van der Waals surface area contributed by atoms with Crippen LogP contribution < -0.4 is 0 Å². The van der Waals surface area contributed by atoms with Crippen LogP contribution in [0.5, 0.6) is 0 Å². The SMILES string of the molecule is Cc1sc2cc(-c3ccc(C4=[N+]([O-])C(C)(C)C(C)(C)N4[O])cc3)ccc2c1C1=C(c2c(C)sc3cc(-c4ccc(C5=[N+]([O-])C(C)(C)C(C)(C)N5[O])cc4)ccc23)C(F)(F)C(F)(F)C1(F)F. The highest BCUT2D eigenvalue weighted by Crippen LogP contribution is 2.67. The van der Waals surface area contributed by atoms with Crippen LogP contribution in [0, 0.1) is 24.3 Å². The molecule has 0 atom stereocenters. The quantitative estimate of drug-likeness (QED) is 0.0943. The molecule has 0 unspecified atom stereocenters. The fourth-order valence-corrected chi connectivity index (χ4v) is 11.3. The molecule has 0 saturated heterocycles. The number of hydroxylamine groups is 6. The van der Waals surface area contributed by atoms with Gasteiger partial charge >= 0.3 is 29.4 Å². The van der Waals surface area contributed by atoms with Crippen molar-refractivity contribution in [3.63, 3.8) is 0 Å². The van der Waals surface area contributed by atoms with Crippen molar-refractivity contribution in [3.8, 4) is 22.3 Å². The monoisotopic (exact) mass is 930 g/mol. The number of aryl methyl sites for hydroxylation is 2. The van der Waals surface area contributed by atoms with E-state index >= 15 is 26.3 Å². The first-order valence-electron chi connectivity index (χ1n) is 20.8. The Labute approximate surface area is 379 Å². The van der Waals surface area contributed by atoms with Gasteiger partial charge in [-0.2, -0.15) is 26.3 Å². The number of hydrogen-bond donors (Lipinski definition) is 0. The van der Waals surface area contributed by atoms with E-state index in [0.717, 1.165) is 22.7 Å². The van der Waals surface area contributed by atoms with Crippen LogP contribution in [-0.2, 0) is 10.4 Å². The molecule has 2 radical (unpaired) electrons. The van der Waals surface area contributed by atoms with Crippen molar-refractivity contribution in [2.45, 2.75) is 109 Å². The lowest BCUT2D eigenvalue weighted by Gasteiger charge is -2.32. The average molecular weight is 931 g/mol. The Bertz CT molecular complexity index is 2900. The van der Waals surface area contributed by atoms with E-state index in [1.165, 1.54) is 26.0 Å². The third-order valence-electron chi connectivity index (χ3n) is 14.6. The lowest BCUT2D eigenvalue weighted by molar-refractivity contribution is -0.539. The molecule has 0 bridgehead atoms. The normalized spacial score (nSPS) is 21.5. The average Bonchev–Trinajstić information content (AvgIpc) is 3.84. The Hall–Kier alpha value is -5.42. The lowest BCUT2D eigenvalue weighted by atomic mass is 9.84. The van der Waals surface area contributed by atoms with Gasteiger partial charge in [-0.05, 0) is 128 Å². The van der Waals surface area contributed by atoms with Crippen molar-refractivity contribution >= 4 is 65.7 Å². The van der Waals surface area contributed by atoms with Gasteiger partial charge < -0.3 is 10.4 Å². The molecule has 0 spiro atoms. The first-order valence-corrected chi connectivity index (χ1v) is 22.5. The van der Waals surface area contributed by atoms with Gasteiger partial charge in [-0.1, -0.05) is 58.7 Å². The second-order valence-corrected chi connectivity index (χ2v) is 21.7. The first kappa shape index (κ1) is 44.8. The predicted octanol–water partition coefficient (Wildman–Crippen LogP) is 12.8. The van der Waals surface area contributed by atoms with Crippen LogP contribution in [-0.4, -0.2) is 71.2 Å². The van der Waals surface area contributed by atoms with E-state index in [-0.39, 0.29) is 43.3 Å². The molecule has 8 nitrogen and oxygen atoms in total. The molecule has 2 aromatic heterocycles. The molecule has 6 aromatic rings. The number of nitrogens with zero attached hydrogens (tertiary/aromatic N) is 4. The number of halogens is 6. The number of hydrogen-bond acceptors (Lipinski definition) is 6. The molecule has 0 N–H and O–H groups in total. The third-order valence-corrected chi connectivity index (χ3v) is 16.8. The summed E-state index contributed by atoms with van der Waals surface area (Å²) in [5, 5.41) is 54.5. The zero-order valence-electron chi connectivity index (χ0n) is 37.1. The number of rotatable bonds is 6. The maximum absolute atomic E-state index is 16.4. The zero-order valence-corrected chi connectivity index (χ0v) is 38.7. The summed E-state index contributed by atoms with van der Waals surface area (Å²) in [6.45, 7) is 16.4. The Morgan fingerprint density at radius 1 is 0.477 bits per heavy atom. The van der Waals surface area contributed by atoms with Gasteiger partial charge in [0.15, 0.2) is 11.1 Å². The van der Waals surface area contributed by atoms with Gasteiger partial charge in [0.2, 0.25) is 0 Å². The van der Waals surface area contributed by atoms with Gasteiger partial charge in [0, 0.05) is 62.6 Å². The van der Waals surface area contributed by atoms with Crippen LogP contribution >= 0.6 is 22.7 Å². The van der Waals surface area contributed by atoms with Crippen molar-refractivity contribution in [3.05, 3.63) is 127 Å². The van der Waals surface area contributed by atoms with Gasteiger partial charge in [0.05, 0.1) is 11.1 Å². The van der Waals surface area contributed by atoms with E-state index in [2.05, 4.69) is 0 Å². The molecule has 4 aromatic carbocycles. The second kappa shape index (κ2) is 13.8. The maximum atomic E-state index is 16.4. The van der Waals surface area contributed by atoms with Crippen molar-refractivity contribution in [1.29, 1.82) is 0 Å². The molecule has 16 heteroatoms. The van der Waals surface area contributed by atoms with E-state index in [1.54, 1.807) is 128 Å². The summed E-state index contributed by atoms with van der Waals surface area (Å²) >= 11 is 2.04. The molecule has 0 fully saturated rings. The molecule has 1 aliphatic carbocycles. The number of allylic oxidation sites excluding steroid dienone is 2. The van der Waals surface area contributed by atoms with Crippen molar-refractivity contribution in [1.82, 2.24) is 10.1 Å². The topological polar surface area (TPSA) is 98.4 Å². The fourth-order valence-electron chi connectivity index (χ4n) is 9.12. The van der Waals surface area contributed by atoms with Crippen molar-refractivity contribution in [2.24, 2.45) is 0 Å². The highest BCUT2D eigenvalue weighted by atomic mass is 32.1. The first-order chi connectivity index (χ1) is 30.0. The van der Waals surface area contributed by atoms with E-state index in [1.807, 2.05) is 0 Å². The fraction of sp³-hybridized carbons (Fsp3) is 0.347. The standard InChI is InChI=1S/C49H44F6N4O4S2/c1-25-37(33-21-19-31(23-35(33)64-25)27-11-15-29(16-12-27)41-56(60)43(3,4)44(5,6)57(41)61)39-40(48(52,53)49(54,55)47(39,50)51)38-26(2)65-36-24-32(20-22-34(36)38)28-13-17-30(18-14-28)42-58(62)45(7,8)46(9,10)59(42)63/h11-24H,1-10H3. The van der Waals surface area contributed by atoms with Crippen molar-refractivity contribution < 1.29 is 46.2 Å². The molecule has 0 saturated carbocycles. The van der Waals surface area contributed by atoms with Gasteiger partial charge in [-0.25, -0.2) is 0 Å². The zero-order chi connectivity index (χ0) is 47.5. The lowest BCUT2D eigenvalue weighted by Crippen LogP contribution is -2.53. The largest absolute Gasteiger partial charge is 0.714 e. The van der Waals surface area contributed by atoms with Crippen LogP contribution in [0.3, 0.4) is 0 Å². The van der Waals surface area contributed by atoms with E-state index < -0.39 is 51.1 Å². The van der Waals surface area contributed by atoms with E-state index in [4.69, 9.17) is 0 Å². The van der Waals surface area contributed by atoms with E-state index in [9.17, 15) is 20.8 Å². The van der Waals surface area contributed by atoms with Crippen LogP contribution in [0.2, 0.25) is 0 Å². The van der Waals surface area contributed by atoms with Gasteiger partial charge in [0.25, 0.3) is 0 Å². The molecule has 65 heavy (non-hydrogen) atoms. The molecular formula is C49H44F6N4O4S2. The third kappa shape index (κ3) is 5.75. The minimum Gasteiger partial charge on any atom is -0.714 e. The minimum absolute atomic E-state index is 0.0420. The molecule has 0 amide bonds. The number of alkyl halides is 6. The predicted molar refractivity (Wildman–Crippen MR) is 242 cm³/mol. The number of thiophene rings is 2. The molecule has 2 aliphatic heterocycles. The van der Waals surface area contributed by atoms with Gasteiger partial charge in [-0.3, -0.25) is 9.48 Å². The molecule has 3 aliphatic rings. The minimum atomic E-state index is -5.77. The molecule has 9 rings (SSSR count). The van der Waals surface area contributed by atoms with Gasteiger partial charge in [-0.15, -0.1) is 22.7 Å². The molecular weight excluding hydrogens is 887 g/mol. The summed E-state index contributed by atoms with van der Waals surface area (Å²) in [6.07, 6.45) is 0. The smallest absolute Gasteiger partial charge is 0.380 e. The number of benzene rings is 4. The van der Waals surface area contributed by atoms with Crippen LogP contribution in [0.1, 0.15) is 87.4 Å². The van der Waals surface area contributed by atoms with Crippen LogP contribution in [0.25, 0.3) is 53.6 Å². The molecule has 4 heterocycles. The summed E-state index contributed by atoms with van der Waals surface area (Å²) in [6, 6.07) is 22.7.